The molecule has 342 valence electrons. The van der Waals surface area contributed by atoms with Gasteiger partial charge in [0, 0.05) is 37.4 Å². The van der Waals surface area contributed by atoms with E-state index in [1.54, 1.807) is 6.92 Å². The van der Waals surface area contributed by atoms with E-state index in [9.17, 15) is 50.8 Å². The van der Waals surface area contributed by atoms with Crippen LogP contribution in [-0.4, -0.2) is 183 Å². The van der Waals surface area contributed by atoms with Crippen molar-refractivity contribution in [2.24, 2.45) is 34.5 Å². The number of aliphatic hydroxyl groups is 9. The molecule has 7 fully saturated rings. The van der Waals surface area contributed by atoms with Crippen LogP contribution in [-0.2, 0) is 42.7 Å². The van der Waals surface area contributed by atoms with Gasteiger partial charge in [-0.15, -0.1) is 0 Å². The van der Waals surface area contributed by atoms with Gasteiger partial charge in [0.05, 0.1) is 43.2 Å². The average molecular weight is 859 g/mol. The second-order valence-corrected chi connectivity index (χ2v) is 19.4. The molecule has 0 aromatic heterocycles. The standard InChI is InChI=1S/C42H66O18/c1-18-37(60-39-36(51)34(49)32(47)27(59-39)17-55-38-35(50)33(48)31(46)26(15-43)58-38)25(53-4)13-29(56-18)57-21-7-9-40(2)20(12-21)5-6-23-22(40)8-10-41(3)30(19-11-28(45)54-16-19)24(44)14-42(23,41)52/h11,18,20-27,29-39,43-44,46-52H,5-10,12-17H2,1-4H3. The second-order valence-electron chi connectivity index (χ2n) is 19.4. The summed E-state index contributed by atoms with van der Waals surface area (Å²) in [5, 5.41) is 96.4. The van der Waals surface area contributed by atoms with Crippen molar-refractivity contribution < 1.29 is 88.6 Å². The van der Waals surface area contributed by atoms with Crippen LogP contribution in [0, 0.1) is 34.5 Å². The van der Waals surface area contributed by atoms with Gasteiger partial charge < -0.3 is 83.9 Å². The van der Waals surface area contributed by atoms with E-state index in [1.165, 1.54) is 13.2 Å². The van der Waals surface area contributed by atoms with Gasteiger partial charge >= 0.3 is 5.97 Å². The number of methoxy groups -OCH3 is 1. The highest BCUT2D eigenvalue weighted by atomic mass is 16.8. The van der Waals surface area contributed by atoms with E-state index in [0.29, 0.717) is 18.8 Å². The van der Waals surface area contributed by atoms with Crippen molar-refractivity contribution in [3.8, 4) is 0 Å². The van der Waals surface area contributed by atoms with Crippen molar-refractivity contribution >= 4 is 5.97 Å². The third kappa shape index (κ3) is 7.60. The fourth-order valence-electron chi connectivity index (χ4n) is 13.0. The summed E-state index contributed by atoms with van der Waals surface area (Å²) >= 11 is 0. The second kappa shape index (κ2) is 17.2. The summed E-state index contributed by atoms with van der Waals surface area (Å²) in [7, 11) is 1.53. The first-order chi connectivity index (χ1) is 28.4. The van der Waals surface area contributed by atoms with Crippen molar-refractivity contribution in [3.05, 3.63) is 11.6 Å². The molecule has 4 aliphatic carbocycles. The van der Waals surface area contributed by atoms with Gasteiger partial charge in [0.15, 0.2) is 18.9 Å². The van der Waals surface area contributed by atoms with E-state index in [4.69, 9.17) is 37.9 Å². The smallest absolute Gasteiger partial charge is 0.331 e. The maximum Gasteiger partial charge on any atom is 0.331 e. The predicted octanol–water partition coefficient (Wildman–Crippen LogP) is -1.24. The molecule has 0 amide bonds. The van der Waals surface area contributed by atoms with Crippen molar-refractivity contribution in [2.45, 2.75) is 182 Å². The Morgan fingerprint density at radius 1 is 0.800 bits per heavy atom. The lowest BCUT2D eigenvalue weighted by Crippen LogP contribution is -2.63. The van der Waals surface area contributed by atoms with Gasteiger partial charge in [0.1, 0.15) is 61.5 Å². The summed E-state index contributed by atoms with van der Waals surface area (Å²) < 4.78 is 47.1. The Morgan fingerprint density at radius 3 is 2.18 bits per heavy atom. The largest absolute Gasteiger partial charge is 0.458 e. The van der Waals surface area contributed by atoms with Crippen molar-refractivity contribution in [2.75, 3.05) is 26.9 Å². The van der Waals surface area contributed by atoms with Crippen molar-refractivity contribution in [3.63, 3.8) is 0 Å². The molecule has 0 aromatic carbocycles. The van der Waals surface area contributed by atoms with Crippen LogP contribution in [0.4, 0.5) is 0 Å². The number of carbonyl (C=O) groups excluding carboxylic acids is 1. The van der Waals surface area contributed by atoms with E-state index < -0.39 is 116 Å². The van der Waals surface area contributed by atoms with Crippen LogP contribution < -0.4 is 0 Å². The van der Waals surface area contributed by atoms with Crippen LogP contribution in [0.1, 0.15) is 78.6 Å². The van der Waals surface area contributed by atoms with Crippen molar-refractivity contribution in [1.29, 1.82) is 0 Å². The van der Waals surface area contributed by atoms with Crippen LogP contribution in [0.5, 0.6) is 0 Å². The Bertz CT molecular complexity index is 1570. The molecule has 8 rings (SSSR count). The van der Waals surface area contributed by atoms with E-state index in [2.05, 4.69) is 13.8 Å². The molecular weight excluding hydrogens is 792 g/mol. The molecule has 9 N–H and O–H groups in total. The fraction of sp³-hybridized carbons (Fsp3) is 0.929. The van der Waals surface area contributed by atoms with Crippen LogP contribution in [0.15, 0.2) is 11.6 Å². The van der Waals surface area contributed by atoms with Crippen molar-refractivity contribution in [1.82, 2.24) is 0 Å². The Labute approximate surface area is 349 Å². The normalized spacial score (nSPS) is 54.4. The van der Waals surface area contributed by atoms with E-state index >= 15 is 0 Å². The molecule has 4 heterocycles. The summed E-state index contributed by atoms with van der Waals surface area (Å²) in [6, 6.07) is 0. The maximum absolute atomic E-state index is 12.6. The molecule has 3 saturated heterocycles. The summed E-state index contributed by atoms with van der Waals surface area (Å²) in [6.07, 6.45) is -10.7. The van der Waals surface area contributed by atoms with Crippen LogP contribution in [0.2, 0.25) is 0 Å². The Balaban J connectivity index is 0.863. The minimum atomic E-state index is -1.71. The number of cyclic esters (lactones) is 1. The predicted molar refractivity (Wildman–Crippen MR) is 203 cm³/mol. The minimum Gasteiger partial charge on any atom is -0.458 e. The SMILES string of the molecule is COC1CC(OC2CCC3(C)C(CCC4C3CCC3(C)C(C5=CC(=O)OC5)C(O)CC43O)C2)OC(C)C1OC1OC(COC2OC(CO)C(O)C(O)C2O)C(O)C(O)C1O. The molecule has 0 spiro atoms. The monoisotopic (exact) mass is 858 g/mol. The summed E-state index contributed by atoms with van der Waals surface area (Å²) in [5.74, 6) is -0.00189. The molecule has 4 aliphatic heterocycles. The minimum absolute atomic E-state index is 0.0139. The quantitative estimate of drug-likeness (QED) is 0.0918. The zero-order valence-corrected chi connectivity index (χ0v) is 34.8. The lowest BCUT2D eigenvalue weighted by atomic mass is 9.43. The van der Waals surface area contributed by atoms with Gasteiger partial charge in [-0.1, -0.05) is 13.8 Å². The van der Waals surface area contributed by atoms with Gasteiger partial charge in [-0.2, -0.15) is 0 Å². The molecular formula is C42H66O18. The highest BCUT2D eigenvalue weighted by Crippen LogP contribution is 2.70. The van der Waals surface area contributed by atoms with Gasteiger partial charge in [0.25, 0.3) is 0 Å². The molecule has 8 aliphatic rings. The number of ether oxygens (including phenoxy) is 8. The first kappa shape index (κ1) is 45.1. The highest BCUT2D eigenvalue weighted by Gasteiger charge is 2.70. The maximum atomic E-state index is 12.6. The number of aliphatic hydroxyl groups excluding tert-OH is 8. The Hall–Kier alpha value is -1.43. The number of fused-ring (bicyclic) bond motifs is 5. The topological polar surface area (TPSA) is 273 Å². The Morgan fingerprint density at radius 2 is 1.50 bits per heavy atom. The molecule has 18 nitrogen and oxygen atoms in total. The van der Waals surface area contributed by atoms with Gasteiger partial charge in [-0.25, -0.2) is 4.79 Å². The molecule has 18 heteroatoms. The molecule has 4 saturated carbocycles. The average Bonchev–Trinajstić information content (AvgIpc) is 3.73. The molecule has 0 radical (unpaired) electrons. The summed E-state index contributed by atoms with van der Waals surface area (Å²) in [4.78, 5) is 12.0. The number of hydrogen-bond donors (Lipinski definition) is 9. The zero-order chi connectivity index (χ0) is 43.1. The molecule has 0 bridgehead atoms. The molecule has 23 unspecified atom stereocenters. The zero-order valence-electron chi connectivity index (χ0n) is 34.8. The molecule has 0 aromatic rings. The summed E-state index contributed by atoms with van der Waals surface area (Å²) in [6.45, 7) is 5.28. The molecule has 60 heavy (non-hydrogen) atoms. The number of rotatable bonds is 10. The number of esters is 1. The Kier molecular flexibility index (Phi) is 12.9. The van der Waals surface area contributed by atoms with Gasteiger partial charge in [-0.05, 0) is 80.6 Å². The highest BCUT2D eigenvalue weighted by molar-refractivity contribution is 5.85. The fourth-order valence-corrected chi connectivity index (χ4v) is 13.0. The van der Waals surface area contributed by atoms with Crippen LogP contribution >= 0.6 is 0 Å². The molecule has 23 atom stereocenters. The third-order valence-electron chi connectivity index (χ3n) is 16.4. The van der Waals surface area contributed by atoms with Gasteiger partial charge in [0.2, 0.25) is 0 Å². The lowest BCUT2D eigenvalue weighted by molar-refractivity contribution is -0.355. The first-order valence-electron chi connectivity index (χ1n) is 21.8. The van der Waals surface area contributed by atoms with Crippen LogP contribution in [0.3, 0.4) is 0 Å². The summed E-state index contributed by atoms with van der Waals surface area (Å²) in [5.41, 5.74) is -0.825. The van der Waals surface area contributed by atoms with Gasteiger partial charge in [-0.3, -0.25) is 0 Å². The third-order valence-corrected chi connectivity index (χ3v) is 16.4. The first-order valence-corrected chi connectivity index (χ1v) is 21.8. The van der Waals surface area contributed by atoms with E-state index in [1.807, 2.05) is 0 Å². The number of hydrogen-bond acceptors (Lipinski definition) is 18. The van der Waals surface area contributed by atoms with Crippen LogP contribution in [0.25, 0.3) is 0 Å². The number of carbonyl (C=O) groups is 1. The van der Waals surface area contributed by atoms with E-state index in [-0.39, 0.29) is 41.8 Å². The van der Waals surface area contributed by atoms with E-state index in [0.717, 1.165) is 50.5 Å². The lowest BCUT2D eigenvalue weighted by Gasteiger charge is -2.63.